The maximum atomic E-state index is 12.7. The lowest BCUT2D eigenvalue weighted by Gasteiger charge is -2.18. The van der Waals surface area contributed by atoms with Crippen LogP contribution in [0.3, 0.4) is 0 Å². The zero-order chi connectivity index (χ0) is 41.5. The summed E-state index contributed by atoms with van der Waals surface area (Å²) >= 11 is 0. The number of ether oxygens (including phenoxy) is 3. The highest BCUT2D eigenvalue weighted by atomic mass is 16.6. The van der Waals surface area contributed by atoms with Crippen molar-refractivity contribution in [3.8, 4) is 0 Å². The predicted molar refractivity (Wildman–Crippen MR) is 243 cm³/mol. The summed E-state index contributed by atoms with van der Waals surface area (Å²) in [6.07, 6.45) is 51.7. The maximum absolute atomic E-state index is 12.7. The Balaban J connectivity index is 4.40. The van der Waals surface area contributed by atoms with Crippen LogP contribution in [0.2, 0.25) is 0 Å². The third kappa shape index (κ3) is 44.8. The van der Waals surface area contributed by atoms with Gasteiger partial charge in [0.25, 0.3) is 0 Å². The van der Waals surface area contributed by atoms with E-state index in [1.54, 1.807) is 0 Å². The van der Waals surface area contributed by atoms with Gasteiger partial charge < -0.3 is 14.2 Å². The normalized spacial score (nSPS) is 12.1. The molecule has 0 saturated carbocycles. The average Bonchev–Trinajstić information content (AvgIpc) is 3.21. The van der Waals surface area contributed by atoms with E-state index in [0.717, 1.165) is 51.4 Å². The van der Waals surface area contributed by atoms with Gasteiger partial charge in [-0.2, -0.15) is 0 Å². The van der Waals surface area contributed by atoms with E-state index in [-0.39, 0.29) is 37.5 Å². The van der Waals surface area contributed by atoms with Crippen molar-refractivity contribution in [3.05, 3.63) is 24.3 Å². The van der Waals surface area contributed by atoms with Crippen LogP contribution in [0, 0.1) is 0 Å². The lowest BCUT2D eigenvalue weighted by Crippen LogP contribution is -2.30. The molecule has 0 N–H and O–H groups in total. The summed E-state index contributed by atoms with van der Waals surface area (Å²) in [6, 6.07) is 0. The molecule has 0 rings (SSSR count). The first-order valence-corrected chi connectivity index (χ1v) is 24.8. The highest BCUT2D eigenvalue weighted by molar-refractivity contribution is 5.71. The summed E-state index contributed by atoms with van der Waals surface area (Å²) in [5, 5.41) is 0. The molecule has 0 heterocycles. The fourth-order valence-corrected chi connectivity index (χ4v) is 7.20. The number of hydrogen-bond acceptors (Lipinski definition) is 6. The zero-order valence-electron chi connectivity index (χ0n) is 38.1. The Bertz CT molecular complexity index is 927. The van der Waals surface area contributed by atoms with E-state index in [4.69, 9.17) is 14.2 Å². The van der Waals surface area contributed by atoms with Gasteiger partial charge >= 0.3 is 17.9 Å². The number of allylic oxidation sites excluding steroid dienone is 4. The highest BCUT2D eigenvalue weighted by Crippen LogP contribution is 2.15. The van der Waals surface area contributed by atoms with E-state index in [2.05, 4.69) is 39.0 Å². The molecule has 0 aliphatic carbocycles. The Morgan fingerprint density at radius 1 is 0.351 bits per heavy atom. The molecular formula is C51H94O6. The molecule has 6 nitrogen and oxygen atoms in total. The summed E-state index contributed by atoms with van der Waals surface area (Å²) in [5.41, 5.74) is 0. The molecule has 6 heteroatoms. The molecule has 0 aliphatic heterocycles. The zero-order valence-corrected chi connectivity index (χ0v) is 38.1. The third-order valence-electron chi connectivity index (χ3n) is 11.0. The first-order valence-electron chi connectivity index (χ1n) is 24.8. The van der Waals surface area contributed by atoms with Crippen LogP contribution in [-0.4, -0.2) is 37.2 Å². The number of carbonyl (C=O) groups excluding carboxylic acids is 3. The molecule has 0 amide bonds. The van der Waals surface area contributed by atoms with Gasteiger partial charge in [-0.05, 0) is 38.5 Å². The van der Waals surface area contributed by atoms with Crippen LogP contribution in [0.15, 0.2) is 24.3 Å². The van der Waals surface area contributed by atoms with Gasteiger partial charge in [0.1, 0.15) is 13.2 Å². The van der Waals surface area contributed by atoms with Crippen molar-refractivity contribution < 1.29 is 28.6 Å². The van der Waals surface area contributed by atoms with Crippen molar-refractivity contribution in [1.29, 1.82) is 0 Å². The molecule has 57 heavy (non-hydrogen) atoms. The number of rotatable bonds is 45. The van der Waals surface area contributed by atoms with Gasteiger partial charge in [0, 0.05) is 19.3 Å². The lowest BCUT2D eigenvalue weighted by molar-refractivity contribution is -0.166. The van der Waals surface area contributed by atoms with E-state index in [1.165, 1.54) is 167 Å². The highest BCUT2D eigenvalue weighted by Gasteiger charge is 2.19. The average molecular weight is 803 g/mol. The van der Waals surface area contributed by atoms with Gasteiger partial charge in [-0.3, -0.25) is 14.4 Å². The SMILES string of the molecule is CCCCCCCC/C=C\C/C=C\CCC(=O)OC(COC(=O)CCCCCCCCCCCCCC)COC(=O)CCCCCCCCCCCCCCCC. The molecule has 1 atom stereocenters. The second-order valence-electron chi connectivity index (χ2n) is 16.7. The molecule has 1 unspecified atom stereocenters. The second-order valence-corrected chi connectivity index (χ2v) is 16.7. The van der Waals surface area contributed by atoms with Crippen LogP contribution < -0.4 is 0 Å². The van der Waals surface area contributed by atoms with Crippen LogP contribution in [0.4, 0.5) is 0 Å². The summed E-state index contributed by atoms with van der Waals surface area (Å²) in [7, 11) is 0. The van der Waals surface area contributed by atoms with Crippen LogP contribution in [0.5, 0.6) is 0 Å². The Labute approximate surface area is 353 Å². The van der Waals surface area contributed by atoms with E-state index in [9.17, 15) is 14.4 Å². The largest absolute Gasteiger partial charge is 0.462 e. The Morgan fingerprint density at radius 3 is 1.04 bits per heavy atom. The standard InChI is InChI=1S/C51H94O6/c1-4-7-10-13-16-19-22-25-27-29-32-35-38-41-44-50(53)56-47-48(46-55-49(52)43-40-37-34-31-28-24-21-18-15-12-9-6-3)57-51(54)45-42-39-36-33-30-26-23-20-17-14-11-8-5-2/h26,30,36,39,48H,4-25,27-29,31-35,37-38,40-47H2,1-3H3/b30-26-,39-36-. The van der Waals surface area contributed by atoms with Crippen LogP contribution in [0.1, 0.15) is 265 Å². The minimum atomic E-state index is -0.794. The molecule has 0 aromatic carbocycles. The predicted octanol–water partition coefficient (Wildman–Crippen LogP) is 16.0. The molecule has 0 saturated heterocycles. The van der Waals surface area contributed by atoms with E-state index in [1.807, 2.05) is 6.08 Å². The van der Waals surface area contributed by atoms with Gasteiger partial charge in [-0.25, -0.2) is 0 Å². The number of unbranched alkanes of at least 4 members (excludes halogenated alkanes) is 30. The molecule has 0 radical (unpaired) electrons. The van der Waals surface area contributed by atoms with Gasteiger partial charge in [0.15, 0.2) is 6.10 Å². The molecular weight excluding hydrogens is 709 g/mol. The smallest absolute Gasteiger partial charge is 0.306 e. The first-order chi connectivity index (χ1) is 28.0. The lowest BCUT2D eigenvalue weighted by atomic mass is 10.0. The van der Waals surface area contributed by atoms with Gasteiger partial charge in [0.05, 0.1) is 0 Å². The monoisotopic (exact) mass is 803 g/mol. The molecule has 334 valence electrons. The van der Waals surface area contributed by atoms with Crippen molar-refractivity contribution in [1.82, 2.24) is 0 Å². The molecule has 0 aromatic rings. The van der Waals surface area contributed by atoms with Crippen molar-refractivity contribution in [3.63, 3.8) is 0 Å². The Kier molecular flexibility index (Phi) is 44.9. The fraction of sp³-hybridized carbons (Fsp3) is 0.863. The number of hydrogen-bond donors (Lipinski definition) is 0. The van der Waals surface area contributed by atoms with Gasteiger partial charge in [-0.15, -0.1) is 0 Å². The minimum Gasteiger partial charge on any atom is -0.462 e. The molecule has 0 aliphatic rings. The summed E-state index contributed by atoms with van der Waals surface area (Å²) in [4.78, 5) is 37.8. The first kappa shape index (κ1) is 54.9. The van der Waals surface area contributed by atoms with Crippen molar-refractivity contribution in [2.45, 2.75) is 271 Å². The summed E-state index contributed by atoms with van der Waals surface area (Å²) in [6.45, 7) is 6.59. The quantitative estimate of drug-likeness (QED) is 0.0264. The number of esters is 3. The van der Waals surface area contributed by atoms with E-state index in [0.29, 0.717) is 19.3 Å². The second kappa shape index (κ2) is 46.6. The Hall–Kier alpha value is -2.11. The summed E-state index contributed by atoms with van der Waals surface area (Å²) < 4.78 is 16.7. The molecule has 0 bridgehead atoms. The van der Waals surface area contributed by atoms with Gasteiger partial charge in [-0.1, -0.05) is 231 Å². The van der Waals surface area contributed by atoms with Gasteiger partial charge in [0.2, 0.25) is 0 Å². The fourth-order valence-electron chi connectivity index (χ4n) is 7.20. The maximum Gasteiger partial charge on any atom is 0.306 e. The van der Waals surface area contributed by atoms with E-state index >= 15 is 0 Å². The van der Waals surface area contributed by atoms with Crippen LogP contribution in [-0.2, 0) is 28.6 Å². The molecule has 0 fully saturated rings. The van der Waals surface area contributed by atoms with Crippen molar-refractivity contribution >= 4 is 17.9 Å². The van der Waals surface area contributed by atoms with Crippen molar-refractivity contribution in [2.24, 2.45) is 0 Å². The third-order valence-corrected chi connectivity index (χ3v) is 11.0. The van der Waals surface area contributed by atoms with Crippen molar-refractivity contribution in [2.75, 3.05) is 13.2 Å². The Morgan fingerprint density at radius 2 is 0.667 bits per heavy atom. The molecule has 0 aromatic heterocycles. The molecule has 0 spiro atoms. The summed E-state index contributed by atoms with van der Waals surface area (Å²) in [5.74, 6) is -0.946. The van der Waals surface area contributed by atoms with Crippen LogP contribution >= 0.6 is 0 Å². The van der Waals surface area contributed by atoms with E-state index < -0.39 is 6.10 Å². The van der Waals surface area contributed by atoms with Crippen LogP contribution in [0.25, 0.3) is 0 Å². The topological polar surface area (TPSA) is 78.9 Å². The number of carbonyl (C=O) groups is 3. The minimum absolute atomic E-state index is 0.0890.